The molecular formula is C23H23N3O3S. The first-order chi connectivity index (χ1) is 14.6. The third kappa shape index (κ3) is 4.22. The second-order valence-electron chi connectivity index (χ2n) is 7.05. The van der Waals surface area contributed by atoms with Gasteiger partial charge in [-0.2, -0.15) is 4.31 Å². The van der Waals surface area contributed by atoms with E-state index in [0.717, 1.165) is 11.4 Å². The van der Waals surface area contributed by atoms with E-state index in [2.05, 4.69) is 5.32 Å². The largest absolute Gasteiger partial charge is 0.355 e. The predicted octanol–water partition coefficient (Wildman–Crippen LogP) is 3.58. The van der Waals surface area contributed by atoms with Crippen LogP contribution in [0, 0.1) is 0 Å². The standard InChI is InChI=1S/C23H23N3O3S/c27-23(21-13-7-8-14-22(21)24-19-9-3-1-4-10-19)25-15-17-26(18-16-25)30(28,29)20-11-5-2-6-12-20/h1-14,24H,15-18H2. The van der Waals surface area contributed by atoms with Crippen LogP contribution in [-0.4, -0.2) is 49.7 Å². The van der Waals surface area contributed by atoms with E-state index in [1.165, 1.54) is 4.31 Å². The summed E-state index contributed by atoms with van der Waals surface area (Å²) >= 11 is 0. The molecule has 0 radical (unpaired) electrons. The van der Waals surface area contributed by atoms with Crippen LogP contribution >= 0.6 is 0 Å². The van der Waals surface area contributed by atoms with Gasteiger partial charge in [-0.25, -0.2) is 8.42 Å². The molecule has 0 atom stereocenters. The molecule has 0 saturated carbocycles. The van der Waals surface area contributed by atoms with E-state index in [0.29, 0.717) is 18.7 Å². The van der Waals surface area contributed by atoms with Gasteiger partial charge in [0.25, 0.3) is 5.91 Å². The molecule has 1 saturated heterocycles. The maximum Gasteiger partial charge on any atom is 0.256 e. The maximum absolute atomic E-state index is 13.2. The summed E-state index contributed by atoms with van der Waals surface area (Å²) in [5.74, 6) is -0.106. The first kappa shape index (κ1) is 20.1. The van der Waals surface area contributed by atoms with Crippen LogP contribution in [0.2, 0.25) is 0 Å². The maximum atomic E-state index is 13.2. The molecule has 0 aromatic heterocycles. The minimum absolute atomic E-state index is 0.106. The van der Waals surface area contributed by atoms with Gasteiger partial charge in [0, 0.05) is 31.9 Å². The molecule has 1 amide bonds. The van der Waals surface area contributed by atoms with Gasteiger partial charge in [-0.3, -0.25) is 4.79 Å². The number of nitrogens with zero attached hydrogens (tertiary/aromatic N) is 2. The number of benzene rings is 3. The summed E-state index contributed by atoms with van der Waals surface area (Å²) in [5, 5.41) is 3.29. The number of amides is 1. The topological polar surface area (TPSA) is 69.7 Å². The average Bonchev–Trinajstić information content (AvgIpc) is 2.80. The second-order valence-corrected chi connectivity index (χ2v) is 8.98. The molecule has 6 nitrogen and oxygen atoms in total. The molecule has 3 aromatic carbocycles. The molecule has 1 heterocycles. The summed E-state index contributed by atoms with van der Waals surface area (Å²) in [7, 11) is -3.54. The molecule has 30 heavy (non-hydrogen) atoms. The molecule has 3 aromatic rings. The zero-order chi connectivity index (χ0) is 21.0. The highest BCUT2D eigenvalue weighted by atomic mass is 32.2. The summed E-state index contributed by atoms with van der Waals surface area (Å²) in [6, 6.07) is 25.5. The van der Waals surface area contributed by atoms with E-state index in [4.69, 9.17) is 0 Å². The lowest BCUT2D eigenvalue weighted by Crippen LogP contribution is -2.50. The Morgan fingerprint density at radius 2 is 1.30 bits per heavy atom. The van der Waals surface area contributed by atoms with Crippen molar-refractivity contribution in [3.8, 4) is 0 Å². The molecular weight excluding hydrogens is 398 g/mol. The zero-order valence-electron chi connectivity index (χ0n) is 16.4. The number of hydrogen-bond donors (Lipinski definition) is 1. The molecule has 0 unspecified atom stereocenters. The van der Waals surface area contributed by atoms with E-state index >= 15 is 0 Å². The lowest BCUT2D eigenvalue weighted by molar-refractivity contribution is 0.0699. The molecule has 1 N–H and O–H groups in total. The van der Waals surface area contributed by atoms with Crippen molar-refractivity contribution in [2.24, 2.45) is 0 Å². The van der Waals surface area contributed by atoms with E-state index in [1.54, 1.807) is 41.3 Å². The molecule has 1 fully saturated rings. The molecule has 0 bridgehead atoms. The van der Waals surface area contributed by atoms with Gasteiger partial charge in [0.2, 0.25) is 10.0 Å². The van der Waals surface area contributed by atoms with E-state index in [1.807, 2.05) is 48.5 Å². The van der Waals surface area contributed by atoms with Crippen LogP contribution in [0.4, 0.5) is 11.4 Å². The van der Waals surface area contributed by atoms with E-state index in [9.17, 15) is 13.2 Å². The molecule has 0 aliphatic carbocycles. The van der Waals surface area contributed by atoms with Gasteiger partial charge in [0.05, 0.1) is 16.1 Å². The molecule has 1 aliphatic heterocycles. The molecule has 1 aliphatic rings. The molecule has 154 valence electrons. The van der Waals surface area contributed by atoms with Crippen LogP contribution < -0.4 is 5.32 Å². The third-order valence-corrected chi connectivity index (χ3v) is 7.03. The number of piperazine rings is 1. The minimum Gasteiger partial charge on any atom is -0.355 e. The monoisotopic (exact) mass is 421 g/mol. The van der Waals surface area contributed by atoms with Crippen LogP contribution in [0.25, 0.3) is 0 Å². The van der Waals surface area contributed by atoms with Gasteiger partial charge in [0.1, 0.15) is 0 Å². The Kier molecular flexibility index (Phi) is 5.83. The number of anilines is 2. The first-order valence-electron chi connectivity index (χ1n) is 9.81. The number of nitrogens with one attached hydrogen (secondary N) is 1. The SMILES string of the molecule is O=C(c1ccccc1Nc1ccccc1)N1CCN(S(=O)(=O)c2ccccc2)CC1. The zero-order valence-corrected chi connectivity index (χ0v) is 17.3. The summed E-state index contributed by atoms with van der Waals surface area (Å²) in [6.07, 6.45) is 0. The number of para-hydroxylation sites is 2. The summed E-state index contributed by atoms with van der Waals surface area (Å²) < 4.78 is 27.1. The Labute approximate surface area is 176 Å². The highest BCUT2D eigenvalue weighted by molar-refractivity contribution is 7.89. The lowest BCUT2D eigenvalue weighted by atomic mass is 10.1. The minimum atomic E-state index is -3.54. The number of carbonyl (C=O) groups is 1. The van der Waals surface area contributed by atoms with Crippen molar-refractivity contribution in [1.82, 2.24) is 9.21 Å². The molecule has 7 heteroatoms. The predicted molar refractivity (Wildman–Crippen MR) is 117 cm³/mol. The van der Waals surface area contributed by atoms with Crippen molar-refractivity contribution >= 4 is 27.3 Å². The van der Waals surface area contributed by atoms with Crippen molar-refractivity contribution < 1.29 is 13.2 Å². The van der Waals surface area contributed by atoms with Crippen LogP contribution in [0.15, 0.2) is 89.8 Å². The highest BCUT2D eigenvalue weighted by Crippen LogP contribution is 2.23. The first-order valence-corrected chi connectivity index (χ1v) is 11.3. The normalized spacial score (nSPS) is 15.0. The Morgan fingerprint density at radius 1 is 0.733 bits per heavy atom. The van der Waals surface area contributed by atoms with Gasteiger partial charge >= 0.3 is 0 Å². The van der Waals surface area contributed by atoms with Crippen LogP contribution in [0.3, 0.4) is 0 Å². The Hall–Kier alpha value is -3.16. The Morgan fingerprint density at radius 3 is 1.97 bits per heavy atom. The quantitative estimate of drug-likeness (QED) is 0.684. The third-order valence-electron chi connectivity index (χ3n) is 5.12. The fraction of sp³-hybridized carbons (Fsp3) is 0.174. The fourth-order valence-electron chi connectivity index (χ4n) is 3.50. The number of hydrogen-bond acceptors (Lipinski definition) is 4. The van der Waals surface area contributed by atoms with Gasteiger partial charge in [0.15, 0.2) is 0 Å². The van der Waals surface area contributed by atoms with Gasteiger partial charge in [-0.15, -0.1) is 0 Å². The Bertz CT molecular complexity index is 1110. The summed E-state index contributed by atoms with van der Waals surface area (Å²) in [5.41, 5.74) is 2.20. The van der Waals surface area contributed by atoms with E-state index in [-0.39, 0.29) is 23.9 Å². The summed E-state index contributed by atoms with van der Waals surface area (Å²) in [6.45, 7) is 1.25. The second kappa shape index (κ2) is 8.69. The number of rotatable bonds is 5. The van der Waals surface area contributed by atoms with Crippen molar-refractivity contribution in [2.75, 3.05) is 31.5 Å². The van der Waals surface area contributed by atoms with Crippen LogP contribution in [-0.2, 0) is 10.0 Å². The lowest BCUT2D eigenvalue weighted by Gasteiger charge is -2.34. The van der Waals surface area contributed by atoms with Crippen molar-refractivity contribution in [1.29, 1.82) is 0 Å². The summed E-state index contributed by atoms with van der Waals surface area (Å²) in [4.78, 5) is 15.1. The van der Waals surface area contributed by atoms with Crippen LogP contribution in [0.1, 0.15) is 10.4 Å². The smallest absolute Gasteiger partial charge is 0.256 e. The number of carbonyl (C=O) groups excluding carboxylic acids is 1. The molecule has 0 spiro atoms. The van der Waals surface area contributed by atoms with Crippen molar-refractivity contribution in [3.63, 3.8) is 0 Å². The van der Waals surface area contributed by atoms with E-state index < -0.39 is 10.0 Å². The average molecular weight is 422 g/mol. The van der Waals surface area contributed by atoms with Gasteiger partial charge in [-0.05, 0) is 36.4 Å². The number of sulfonamides is 1. The molecule has 4 rings (SSSR count). The van der Waals surface area contributed by atoms with Crippen LogP contribution in [0.5, 0.6) is 0 Å². The van der Waals surface area contributed by atoms with Gasteiger partial charge in [-0.1, -0.05) is 48.5 Å². The van der Waals surface area contributed by atoms with Crippen molar-refractivity contribution in [2.45, 2.75) is 4.90 Å². The van der Waals surface area contributed by atoms with Gasteiger partial charge < -0.3 is 10.2 Å². The van der Waals surface area contributed by atoms with Crippen molar-refractivity contribution in [3.05, 3.63) is 90.5 Å². The fourth-order valence-corrected chi connectivity index (χ4v) is 4.94. The highest BCUT2D eigenvalue weighted by Gasteiger charge is 2.30. The Balaban J connectivity index is 1.47.